The van der Waals surface area contributed by atoms with Crippen molar-refractivity contribution in [2.45, 2.75) is 6.92 Å². The quantitative estimate of drug-likeness (QED) is 0.431. The van der Waals surface area contributed by atoms with E-state index in [2.05, 4.69) is 43.6 Å². The number of benzene rings is 2. The molecule has 1 aliphatic rings. The third-order valence-corrected chi connectivity index (χ3v) is 5.88. The normalized spacial score (nSPS) is 14.0. The number of hydrogen-bond donors (Lipinski definition) is 3. The van der Waals surface area contributed by atoms with E-state index in [0.717, 1.165) is 48.5 Å². The summed E-state index contributed by atoms with van der Waals surface area (Å²) < 4.78 is 14.8. The molecule has 160 valence electrons. The third kappa shape index (κ3) is 3.33. The molecule has 0 amide bonds. The molecule has 0 radical (unpaired) electrons. The summed E-state index contributed by atoms with van der Waals surface area (Å²) in [5.41, 5.74) is 10.7. The smallest absolute Gasteiger partial charge is 0.182 e. The summed E-state index contributed by atoms with van der Waals surface area (Å²) in [6.07, 6.45) is 0. The van der Waals surface area contributed by atoms with Gasteiger partial charge in [0, 0.05) is 54.4 Å². The Morgan fingerprint density at radius 1 is 1.12 bits per heavy atom. The van der Waals surface area contributed by atoms with Crippen molar-refractivity contribution < 1.29 is 4.39 Å². The minimum absolute atomic E-state index is 0.219. The number of piperazine rings is 1. The Hall–Kier alpha value is -3.96. The van der Waals surface area contributed by atoms with Crippen LogP contribution in [-0.2, 0) is 0 Å². The number of nitriles is 1. The summed E-state index contributed by atoms with van der Waals surface area (Å²) in [7, 11) is 0. The zero-order valence-electron chi connectivity index (χ0n) is 17.6. The van der Waals surface area contributed by atoms with Gasteiger partial charge in [-0.1, -0.05) is 12.1 Å². The Morgan fingerprint density at radius 3 is 2.56 bits per heavy atom. The number of H-pyrrole nitrogens is 1. The molecule has 8 heteroatoms. The van der Waals surface area contributed by atoms with Crippen molar-refractivity contribution in [1.82, 2.24) is 20.5 Å². The van der Waals surface area contributed by atoms with Crippen LogP contribution in [0.25, 0.3) is 33.4 Å². The van der Waals surface area contributed by atoms with Crippen LogP contribution in [0.3, 0.4) is 0 Å². The summed E-state index contributed by atoms with van der Waals surface area (Å²) >= 11 is 0. The maximum Gasteiger partial charge on any atom is 0.182 e. The highest BCUT2D eigenvalue weighted by atomic mass is 19.1. The second-order valence-corrected chi connectivity index (χ2v) is 7.89. The van der Waals surface area contributed by atoms with Gasteiger partial charge in [-0.05, 0) is 42.8 Å². The van der Waals surface area contributed by atoms with Crippen LogP contribution >= 0.6 is 0 Å². The van der Waals surface area contributed by atoms with Crippen LogP contribution in [0.4, 0.5) is 15.8 Å². The predicted molar refractivity (Wildman–Crippen MR) is 124 cm³/mol. The van der Waals surface area contributed by atoms with Gasteiger partial charge in [-0.15, -0.1) is 0 Å². The summed E-state index contributed by atoms with van der Waals surface area (Å²) in [6, 6.07) is 14.8. The molecule has 4 N–H and O–H groups in total. The molecular formula is C24H22FN7. The summed E-state index contributed by atoms with van der Waals surface area (Å²) in [5.74, 6) is -0.527. The summed E-state index contributed by atoms with van der Waals surface area (Å²) in [4.78, 5) is 6.87. The molecule has 0 atom stereocenters. The predicted octanol–water partition coefficient (Wildman–Crippen LogP) is 3.60. The van der Waals surface area contributed by atoms with Crippen LogP contribution in [-0.4, -0.2) is 41.4 Å². The highest BCUT2D eigenvalue weighted by Gasteiger charge is 2.23. The SMILES string of the molecule is Cc1[nH]nc2nc(-c3ccc(N)cc3F)c(C#N)c(-c3ccc(N4CCNCC4)cc3)c12. The minimum atomic E-state index is -0.527. The van der Waals surface area contributed by atoms with Gasteiger partial charge in [0.25, 0.3) is 0 Å². The second kappa shape index (κ2) is 7.94. The molecule has 0 unspecified atom stereocenters. The number of hydrogen-bond acceptors (Lipinski definition) is 6. The van der Waals surface area contributed by atoms with Crippen LogP contribution in [0.15, 0.2) is 42.5 Å². The number of nitrogen functional groups attached to an aromatic ring is 1. The first-order valence-corrected chi connectivity index (χ1v) is 10.5. The number of nitrogens with zero attached hydrogens (tertiary/aromatic N) is 4. The fourth-order valence-electron chi connectivity index (χ4n) is 4.28. The van der Waals surface area contributed by atoms with E-state index >= 15 is 0 Å². The van der Waals surface area contributed by atoms with E-state index in [9.17, 15) is 9.65 Å². The van der Waals surface area contributed by atoms with Gasteiger partial charge in [-0.2, -0.15) is 10.4 Å². The molecule has 2 aromatic carbocycles. The van der Waals surface area contributed by atoms with Crippen molar-refractivity contribution in [1.29, 1.82) is 5.26 Å². The first kappa shape index (κ1) is 20.0. The van der Waals surface area contributed by atoms with E-state index in [1.165, 1.54) is 6.07 Å². The fourth-order valence-corrected chi connectivity index (χ4v) is 4.28. The van der Waals surface area contributed by atoms with E-state index in [1.807, 2.05) is 19.1 Å². The Bertz CT molecular complexity index is 1350. The van der Waals surface area contributed by atoms with Crippen LogP contribution in [0, 0.1) is 24.1 Å². The minimum Gasteiger partial charge on any atom is -0.399 e. The van der Waals surface area contributed by atoms with Crippen molar-refractivity contribution in [2.24, 2.45) is 0 Å². The summed E-state index contributed by atoms with van der Waals surface area (Å²) in [5, 5.41) is 21.5. The highest BCUT2D eigenvalue weighted by Crippen LogP contribution is 2.38. The molecule has 4 aromatic rings. The highest BCUT2D eigenvalue weighted by molar-refractivity contribution is 6.01. The monoisotopic (exact) mass is 427 g/mol. The second-order valence-electron chi connectivity index (χ2n) is 7.89. The Balaban J connectivity index is 1.71. The molecule has 32 heavy (non-hydrogen) atoms. The largest absolute Gasteiger partial charge is 0.399 e. The Morgan fingerprint density at radius 2 is 1.88 bits per heavy atom. The van der Waals surface area contributed by atoms with Gasteiger partial charge < -0.3 is 16.0 Å². The van der Waals surface area contributed by atoms with Crippen LogP contribution < -0.4 is 16.0 Å². The number of aromatic amines is 1. The molecule has 0 bridgehead atoms. The van der Waals surface area contributed by atoms with E-state index in [0.29, 0.717) is 22.5 Å². The first-order valence-electron chi connectivity index (χ1n) is 10.5. The standard InChI is InChI=1S/C24H22FN7/c1-14-21-22(15-2-5-17(6-3-15)32-10-8-28-9-11-32)19(13-26)23(29-24(21)31-30-14)18-7-4-16(27)12-20(18)25/h2-7,12,28H,8-11,27H2,1H3,(H,29,30,31). The van der Waals surface area contributed by atoms with E-state index in [4.69, 9.17) is 5.73 Å². The number of aryl methyl sites for hydroxylation is 1. The van der Waals surface area contributed by atoms with Crippen molar-refractivity contribution in [3.8, 4) is 28.5 Å². The topological polar surface area (TPSA) is 107 Å². The fraction of sp³-hybridized carbons (Fsp3) is 0.208. The van der Waals surface area contributed by atoms with Crippen molar-refractivity contribution in [3.05, 3.63) is 59.5 Å². The van der Waals surface area contributed by atoms with Gasteiger partial charge in [0.15, 0.2) is 5.65 Å². The number of aromatic nitrogens is 3. The number of nitrogens with one attached hydrogen (secondary N) is 2. The number of nitrogens with two attached hydrogens (primary N) is 1. The molecule has 7 nitrogen and oxygen atoms in total. The van der Waals surface area contributed by atoms with Gasteiger partial charge in [-0.25, -0.2) is 9.37 Å². The number of rotatable bonds is 3. The zero-order chi connectivity index (χ0) is 22.2. The van der Waals surface area contributed by atoms with E-state index < -0.39 is 5.82 Å². The third-order valence-electron chi connectivity index (χ3n) is 5.88. The van der Waals surface area contributed by atoms with E-state index in [-0.39, 0.29) is 11.3 Å². The Labute approximate surface area is 184 Å². The van der Waals surface area contributed by atoms with Crippen LogP contribution in [0.2, 0.25) is 0 Å². The van der Waals surface area contributed by atoms with Crippen LogP contribution in [0.1, 0.15) is 11.3 Å². The van der Waals surface area contributed by atoms with E-state index in [1.54, 1.807) is 12.1 Å². The lowest BCUT2D eigenvalue weighted by Crippen LogP contribution is -2.43. The molecule has 3 heterocycles. The average molecular weight is 427 g/mol. The van der Waals surface area contributed by atoms with Gasteiger partial charge >= 0.3 is 0 Å². The molecule has 1 aliphatic heterocycles. The molecule has 1 saturated heterocycles. The molecule has 0 aliphatic carbocycles. The molecule has 0 spiro atoms. The zero-order valence-corrected chi connectivity index (χ0v) is 17.6. The van der Waals surface area contributed by atoms with Crippen LogP contribution in [0.5, 0.6) is 0 Å². The molecule has 0 saturated carbocycles. The number of anilines is 2. The average Bonchev–Trinajstić information content (AvgIpc) is 3.19. The summed E-state index contributed by atoms with van der Waals surface area (Å²) in [6.45, 7) is 5.69. The lowest BCUT2D eigenvalue weighted by atomic mass is 9.93. The molecule has 2 aromatic heterocycles. The number of halogens is 1. The Kier molecular flexibility index (Phi) is 4.96. The lowest BCUT2D eigenvalue weighted by Gasteiger charge is -2.29. The molecule has 1 fully saturated rings. The first-order chi connectivity index (χ1) is 15.6. The van der Waals surface area contributed by atoms with Gasteiger partial charge in [-0.3, -0.25) is 5.10 Å². The number of fused-ring (bicyclic) bond motifs is 1. The van der Waals surface area contributed by atoms with Crippen molar-refractivity contribution in [3.63, 3.8) is 0 Å². The van der Waals surface area contributed by atoms with Gasteiger partial charge in [0.2, 0.25) is 0 Å². The molecule has 5 rings (SSSR count). The van der Waals surface area contributed by atoms with Gasteiger partial charge in [0.05, 0.1) is 16.6 Å². The van der Waals surface area contributed by atoms with Crippen molar-refractivity contribution >= 4 is 22.4 Å². The maximum absolute atomic E-state index is 14.8. The maximum atomic E-state index is 14.8. The lowest BCUT2D eigenvalue weighted by molar-refractivity contribution is 0.589. The van der Waals surface area contributed by atoms with Crippen molar-refractivity contribution in [2.75, 3.05) is 36.8 Å². The number of pyridine rings is 1. The molecular weight excluding hydrogens is 405 g/mol. The van der Waals surface area contributed by atoms with Gasteiger partial charge in [0.1, 0.15) is 11.9 Å².